The van der Waals surface area contributed by atoms with Crippen molar-refractivity contribution in [2.45, 2.75) is 6.92 Å². The Morgan fingerprint density at radius 3 is 2.25 bits per heavy atom. The van der Waals surface area contributed by atoms with Crippen molar-refractivity contribution < 1.29 is 14.2 Å². The Kier molecular flexibility index (Phi) is 4.71. The van der Waals surface area contributed by atoms with Gasteiger partial charge in [0, 0.05) is 10.4 Å². The maximum atomic E-state index is 5.45. The van der Waals surface area contributed by atoms with Gasteiger partial charge in [-0.05, 0) is 37.3 Å². The molecule has 0 bridgehead atoms. The number of aryl methyl sites for hydroxylation is 1. The molecule has 2 aromatic carbocycles. The van der Waals surface area contributed by atoms with Crippen molar-refractivity contribution in [2.24, 2.45) is 0 Å². The molecule has 0 amide bonds. The summed E-state index contributed by atoms with van der Waals surface area (Å²) in [5.41, 5.74) is 2.95. The van der Waals surface area contributed by atoms with Gasteiger partial charge in [0.25, 0.3) is 0 Å². The van der Waals surface area contributed by atoms with Crippen LogP contribution in [0.15, 0.2) is 42.5 Å². The average molecular weight is 341 g/mol. The van der Waals surface area contributed by atoms with E-state index in [9.17, 15) is 0 Å². The van der Waals surface area contributed by atoms with Crippen LogP contribution in [0.5, 0.6) is 17.2 Å². The smallest absolute Gasteiger partial charge is 0.161 e. The molecule has 24 heavy (non-hydrogen) atoms. The van der Waals surface area contributed by atoms with E-state index >= 15 is 0 Å². The van der Waals surface area contributed by atoms with E-state index in [0.717, 1.165) is 32.5 Å². The number of nitrogens with zero attached hydrogens (tertiary/aromatic N) is 1. The van der Waals surface area contributed by atoms with E-state index in [0.29, 0.717) is 11.5 Å². The first-order valence-corrected chi connectivity index (χ1v) is 8.32. The molecule has 4 nitrogen and oxygen atoms in total. The lowest BCUT2D eigenvalue weighted by molar-refractivity contribution is 0.355. The normalized spacial score (nSPS) is 10.5. The van der Waals surface area contributed by atoms with Gasteiger partial charge in [0.1, 0.15) is 10.8 Å². The Morgan fingerprint density at radius 2 is 1.54 bits per heavy atom. The quantitative estimate of drug-likeness (QED) is 0.668. The zero-order valence-electron chi connectivity index (χ0n) is 14.1. The lowest BCUT2D eigenvalue weighted by atomic mass is 10.1. The minimum absolute atomic E-state index is 0.696. The van der Waals surface area contributed by atoms with E-state index < -0.39 is 0 Å². The summed E-state index contributed by atoms with van der Waals surface area (Å²) in [4.78, 5) is 5.97. The van der Waals surface area contributed by atoms with Crippen LogP contribution >= 0.6 is 11.3 Å². The fourth-order valence-electron chi connectivity index (χ4n) is 2.58. The summed E-state index contributed by atoms with van der Waals surface area (Å²) in [6.45, 7) is 2.07. The second-order valence-electron chi connectivity index (χ2n) is 5.19. The molecule has 1 aromatic heterocycles. The largest absolute Gasteiger partial charge is 0.496 e. The number of hydrogen-bond donors (Lipinski definition) is 0. The van der Waals surface area contributed by atoms with Crippen LogP contribution in [0.2, 0.25) is 0 Å². The van der Waals surface area contributed by atoms with E-state index in [1.165, 1.54) is 0 Å². The van der Waals surface area contributed by atoms with Gasteiger partial charge in [0.05, 0.1) is 32.6 Å². The maximum Gasteiger partial charge on any atom is 0.161 e. The van der Waals surface area contributed by atoms with Crippen molar-refractivity contribution in [2.75, 3.05) is 21.3 Å². The molecule has 0 radical (unpaired) electrons. The molecule has 0 saturated carbocycles. The second kappa shape index (κ2) is 6.93. The first kappa shape index (κ1) is 16.3. The monoisotopic (exact) mass is 341 g/mol. The van der Waals surface area contributed by atoms with Crippen molar-refractivity contribution >= 4 is 11.3 Å². The molecule has 0 fully saturated rings. The molecule has 3 aromatic rings. The fourth-order valence-corrected chi connectivity index (χ4v) is 3.55. The van der Waals surface area contributed by atoms with Crippen molar-refractivity contribution in [1.82, 2.24) is 4.98 Å². The lowest BCUT2D eigenvalue weighted by Gasteiger charge is -2.09. The van der Waals surface area contributed by atoms with E-state index in [4.69, 9.17) is 19.2 Å². The molecule has 0 unspecified atom stereocenters. The van der Waals surface area contributed by atoms with Crippen LogP contribution in [0.25, 0.3) is 21.8 Å². The summed E-state index contributed by atoms with van der Waals surface area (Å²) in [6.07, 6.45) is 0. The molecule has 0 aliphatic heterocycles. The number of ether oxygens (including phenoxy) is 3. The first-order chi connectivity index (χ1) is 11.7. The fraction of sp³-hybridized carbons (Fsp3) is 0.211. The van der Waals surface area contributed by atoms with Crippen LogP contribution < -0.4 is 14.2 Å². The van der Waals surface area contributed by atoms with Crippen molar-refractivity contribution in [3.8, 4) is 39.1 Å². The highest BCUT2D eigenvalue weighted by atomic mass is 32.1. The molecule has 0 saturated heterocycles. The van der Waals surface area contributed by atoms with Gasteiger partial charge in [-0.1, -0.05) is 12.1 Å². The Balaban J connectivity index is 2.07. The van der Waals surface area contributed by atoms with Crippen molar-refractivity contribution in [1.29, 1.82) is 0 Å². The van der Waals surface area contributed by atoms with Crippen molar-refractivity contribution in [3.63, 3.8) is 0 Å². The third kappa shape index (κ3) is 2.95. The van der Waals surface area contributed by atoms with Crippen LogP contribution in [-0.2, 0) is 0 Å². The molecular formula is C19H19NO3S. The Hall–Kier alpha value is -2.53. The number of benzene rings is 2. The number of methoxy groups -OCH3 is 3. The Bertz CT molecular complexity index is 858. The predicted octanol–water partition coefficient (Wildman–Crippen LogP) is 4.81. The van der Waals surface area contributed by atoms with Crippen LogP contribution in [0.3, 0.4) is 0 Å². The third-order valence-electron chi connectivity index (χ3n) is 3.79. The van der Waals surface area contributed by atoms with Crippen LogP contribution in [0.1, 0.15) is 4.88 Å². The number of hydrogen-bond acceptors (Lipinski definition) is 5. The van der Waals surface area contributed by atoms with Gasteiger partial charge in [-0.25, -0.2) is 4.98 Å². The summed E-state index contributed by atoms with van der Waals surface area (Å²) in [5, 5.41) is 0.940. The molecule has 124 valence electrons. The minimum atomic E-state index is 0.696. The number of rotatable bonds is 5. The molecule has 0 aliphatic rings. The van der Waals surface area contributed by atoms with E-state index in [1.807, 2.05) is 42.5 Å². The summed E-state index contributed by atoms with van der Waals surface area (Å²) in [6, 6.07) is 13.8. The average Bonchev–Trinajstić information content (AvgIpc) is 3.02. The first-order valence-electron chi connectivity index (χ1n) is 7.51. The lowest BCUT2D eigenvalue weighted by Crippen LogP contribution is -1.91. The van der Waals surface area contributed by atoms with Crippen molar-refractivity contribution in [3.05, 3.63) is 47.3 Å². The number of aromatic nitrogens is 1. The van der Waals surface area contributed by atoms with Gasteiger partial charge in [-0.3, -0.25) is 0 Å². The SMILES string of the molecule is COc1ccc(-c2nc(-c3ccccc3OC)sc2C)cc1OC. The second-order valence-corrected chi connectivity index (χ2v) is 6.40. The summed E-state index contributed by atoms with van der Waals surface area (Å²) in [5.74, 6) is 2.23. The molecular weight excluding hydrogens is 322 g/mol. The Labute approximate surface area is 145 Å². The highest BCUT2D eigenvalue weighted by Crippen LogP contribution is 2.39. The zero-order valence-corrected chi connectivity index (χ0v) is 14.9. The van der Waals surface area contributed by atoms with E-state index in [1.54, 1.807) is 32.7 Å². The van der Waals surface area contributed by atoms with E-state index in [-0.39, 0.29) is 0 Å². The van der Waals surface area contributed by atoms with Gasteiger partial charge in [-0.2, -0.15) is 0 Å². The van der Waals surface area contributed by atoms with Crippen LogP contribution in [0.4, 0.5) is 0 Å². The molecule has 0 aliphatic carbocycles. The maximum absolute atomic E-state index is 5.45. The van der Waals surface area contributed by atoms with Gasteiger partial charge < -0.3 is 14.2 Å². The molecule has 0 N–H and O–H groups in total. The zero-order chi connectivity index (χ0) is 17.1. The molecule has 1 heterocycles. The topological polar surface area (TPSA) is 40.6 Å². The molecule has 0 spiro atoms. The molecule has 5 heteroatoms. The highest BCUT2D eigenvalue weighted by Gasteiger charge is 2.15. The highest BCUT2D eigenvalue weighted by molar-refractivity contribution is 7.15. The molecule has 0 atom stereocenters. The summed E-state index contributed by atoms with van der Waals surface area (Å²) in [7, 11) is 4.94. The predicted molar refractivity (Wildman–Crippen MR) is 97.4 cm³/mol. The summed E-state index contributed by atoms with van der Waals surface area (Å²) < 4.78 is 16.2. The molecule has 3 rings (SSSR count). The summed E-state index contributed by atoms with van der Waals surface area (Å²) >= 11 is 1.65. The van der Waals surface area contributed by atoms with Gasteiger partial charge in [0.2, 0.25) is 0 Å². The van der Waals surface area contributed by atoms with Crippen LogP contribution in [0, 0.1) is 6.92 Å². The van der Waals surface area contributed by atoms with Gasteiger partial charge in [-0.15, -0.1) is 11.3 Å². The third-order valence-corrected chi connectivity index (χ3v) is 4.80. The van der Waals surface area contributed by atoms with Crippen LogP contribution in [-0.4, -0.2) is 26.3 Å². The number of thiazole rings is 1. The minimum Gasteiger partial charge on any atom is -0.496 e. The standard InChI is InChI=1S/C19H19NO3S/c1-12-18(13-9-10-16(22-3)17(11-13)23-4)20-19(24-12)14-7-5-6-8-15(14)21-2/h5-11H,1-4H3. The van der Waals surface area contributed by atoms with Gasteiger partial charge in [0.15, 0.2) is 11.5 Å². The Morgan fingerprint density at radius 1 is 0.833 bits per heavy atom. The van der Waals surface area contributed by atoms with Gasteiger partial charge >= 0.3 is 0 Å². The van der Waals surface area contributed by atoms with E-state index in [2.05, 4.69) is 6.92 Å². The number of para-hydroxylation sites is 1.